The van der Waals surface area contributed by atoms with Gasteiger partial charge in [-0.1, -0.05) is 38.8 Å². The highest BCUT2D eigenvalue weighted by molar-refractivity contribution is 6.24. The Labute approximate surface area is 220 Å². The predicted molar refractivity (Wildman–Crippen MR) is 136 cm³/mol. The van der Waals surface area contributed by atoms with Crippen LogP contribution in [0.25, 0.3) is 5.76 Å². The number of phenols is 1. The van der Waals surface area contributed by atoms with E-state index in [-0.39, 0.29) is 22.3 Å². The molecule has 204 valence electrons. The third-order valence-electron chi connectivity index (χ3n) is 9.49. The van der Waals surface area contributed by atoms with Crippen molar-refractivity contribution >= 4 is 23.2 Å². The number of carbonyl (C=O) groups is 3. The second-order valence-corrected chi connectivity index (χ2v) is 11.7. The standard InChI is InChI=1S/C28H34N2O8/c1-11-12-7-8-13(27(2)9-5-6-10-27)20(31)15(12)21(32)16-14(11)22(33)18-19(30(3)4)23(34)17(26(29)37)25(36)28(18,38)24(16)35/h7-8,11,14,18-19,22,31-33,36,38H,5-6,9-10H2,1-4H3,(H2,29,37)/t11?,14?,18?,19-,22?,28-/m0/s1. The highest BCUT2D eigenvalue weighted by Crippen LogP contribution is 2.57. The van der Waals surface area contributed by atoms with E-state index >= 15 is 0 Å². The zero-order valence-corrected chi connectivity index (χ0v) is 21.9. The molecule has 0 aromatic heterocycles. The molecule has 1 amide bonds. The van der Waals surface area contributed by atoms with E-state index in [0.717, 1.165) is 25.7 Å². The number of benzene rings is 1. The minimum atomic E-state index is -2.91. The van der Waals surface area contributed by atoms with Crippen LogP contribution in [0.15, 0.2) is 29.0 Å². The Balaban J connectivity index is 1.78. The lowest BCUT2D eigenvalue weighted by atomic mass is 9.54. The van der Waals surface area contributed by atoms with Gasteiger partial charge in [0.15, 0.2) is 11.4 Å². The third kappa shape index (κ3) is 3.14. The first-order chi connectivity index (χ1) is 17.7. The number of nitrogens with zero attached hydrogens (tertiary/aromatic N) is 1. The SMILES string of the molecule is CC1c2ccc(C3(C)CCCC3)c(O)c2C(O)=C2C(=O)[C@]3(O)C(O)=C(C(N)=O)C(=O)[C@@H](N(C)C)C3C(O)C21. The summed E-state index contributed by atoms with van der Waals surface area (Å²) in [6, 6.07) is 2.23. The van der Waals surface area contributed by atoms with Crippen LogP contribution in [0.3, 0.4) is 0 Å². The van der Waals surface area contributed by atoms with Crippen LogP contribution >= 0.6 is 0 Å². The number of likely N-dealkylation sites (N-methyl/N-ethyl adjacent to an activating group) is 1. The largest absolute Gasteiger partial charge is 0.508 e. The van der Waals surface area contributed by atoms with Crippen molar-refractivity contribution in [1.82, 2.24) is 4.90 Å². The second-order valence-electron chi connectivity index (χ2n) is 11.7. The number of primary amides is 1. The maximum absolute atomic E-state index is 14.1. The summed E-state index contributed by atoms with van der Waals surface area (Å²) in [5, 5.41) is 57.3. The van der Waals surface area contributed by atoms with Gasteiger partial charge in [-0.3, -0.25) is 19.3 Å². The van der Waals surface area contributed by atoms with Crippen molar-refractivity contribution in [3.63, 3.8) is 0 Å². The Morgan fingerprint density at radius 2 is 1.71 bits per heavy atom. The van der Waals surface area contributed by atoms with Crippen LogP contribution in [-0.4, -0.2) is 79.7 Å². The number of hydrogen-bond donors (Lipinski definition) is 6. The van der Waals surface area contributed by atoms with E-state index in [0.29, 0.717) is 11.1 Å². The van der Waals surface area contributed by atoms with Gasteiger partial charge in [0.25, 0.3) is 5.91 Å². The number of rotatable bonds is 3. The van der Waals surface area contributed by atoms with E-state index in [1.807, 2.05) is 13.0 Å². The number of amides is 1. The summed E-state index contributed by atoms with van der Waals surface area (Å²) in [5.74, 6) is -8.65. The predicted octanol–water partition coefficient (Wildman–Crippen LogP) is 1.33. The second kappa shape index (κ2) is 8.39. The fourth-order valence-electron chi connectivity index (χ4n) is 7.53. The summed E-state index contributed by atoms with van der Waals surface area (Å²) >= 11 is 0. The molecular formula is C28H34N2O8. The average Bonchev–Trinajstić information content (AvgIpc) is 3.28. The first-order valence-corrected chi connectivity index (χ1v) is 12.9. The van der Waals surface area contributed by atoms with Gasteiger partial charge < -0.3 is 31.3 Å². The Morgan fingerprint density at radius 1 is 1.11 bits per heavy atom. The minimum Gasteiger partial charge on any atom is -0.508 e. The fourth-order valence-corrected chi connectivity index (χ4v) is 7.53. The van der Waals surface area contributed by atoms with E-state index in [4.69, 9.17) is 5.73 Å². The number of phenolic OH excluding ortho intramolecular Hbond substituents is 1. The van der Waals surface area contributed by atoms with Crippen LogP contribution < -0.4 is 5.73 Å². The summed E-state index contributed by atoms with van der Waals surface area (Å²) in [7, 11) is 2.96. The van der Waals surface area contributed by atoms with Crippen molar-refractivity contribution in [2.24, 2.45) is 17.6 Å². The molecule has 2 saturated carbocycles. The number of hydrogen-bond acceptors (Lipinski definition) is 9. The van der Waals surface area contributed by atoms with Gasteiger partial charge in [-0.15, -0.1) is 0 Å². The number of ketones is 2. The van der Waals surface area contributed by atoms with Gasteiger partial charge in [0.2, 0.25) is 5.78 Å². The molecule has 38 heavy (non-hydrogen) atoms. The van der Waals surface area contributed by atoms with Crippen LogP contribution in [0.1, 0.15) is 62.1 Å². The lowest BCUT2D eigenvalue weighted by molar-refractivity contribution is -0.169. The Bertz CT molecular complexity index is 1340. The number of nitrogens with two attached hydrogens (primary N) is 1. The Kier molecular flexibility index (Phi) is 5.83. The smallest absolute Gasteiger partial charge is 0.255 e. The lowest BCUT2D eigenvalue weighted by Gasteiger charge is -2.53. The molecule has 6 atom stereocenters. The molecule has 2 fully saturated rings. The molecule has 0 spiro atoms. The van der Waals surface area contributed by atoms with Crippen LogP contribution in [0.4, 0.5) is 0 Å². The van der Waals surface area contributed by atoms with Crippen molar-refractivity contribution < 1.29 is 39.9 Å². The summed E-state index contributed by atoms with van der Waals surface area (Å²) in [5.41, 5.74) is 2.03. The molecule has 0 heterocycles. The first-order valence-electron chi connectivity index (χ1n) is 12.9. The topological polar surface area (TPSA) is 182 Å². The molecule has 10 heteroatoms. The number of Topliss-reactive ketones (excluding diaryl/α,β-unsaturated/α-hetero) is 2. The van der Waals surface area contributed by atoms with Crippen LogP contribution in [0.2, 0.25) is 0 Å². The van der Waals surface area contributed by atoms with Crippen LogP contribution in [-0.2, 0) is 19.8 Å². The van der Waals surface area contributed by atoms with E-state index in [2.05, 4.69) is 0 Å². The first kappa shape index (κ1) is 26.4. The monoisotopic (exact) mass is 526 g/mol. The molecule has 5 rings (SSSR count). The van der Waals surface area contributed by atoms with Gasteiger partial charge in [-0.05, 0) is 43.8 Å². The van der Waals surface area contributed by atoms with E-state index < -0.39 is 70.1 Å². The van der Waals surface area contributed by atoms with Crippen molar-refractivity contribution in [3.8, 4) is 5.75 Å². The van der Waals surface area contributed by atoms with Crippen molar-refractivity contribution in [3.05, 3.63) is 45.7 Å². The van der Waals surface area contributed by atoms with E-state index in [1.165, 1.54) is 19.0 Å². The normalized spacial score (nSPS) is 34.3. The number of carbonyl (C=O) groups excluding carboxylic acids is 3. The molecule has 0 bridgehead atoms. The summed E-state index contributed by atoms with van der Waals surface area (Å²) in [6.45, 7) is 3.77. The van der Waals surface area contributed by atoms with Gasteiger partial charge in [0, 0.05) is 17.1 Å². The Morgan fingerprint density at radius 3 is 2.26 bits per heavy atom. The molecule has 1 aromatic rings. The lowest BCUT2D eigenvalue weighted by Crippen LogP contribution is -2.70. The highest BCUT2D eigenvalue weighted by atomic mass is 16.4. The maximum Gasteiger partial charge on any atom is 0.255 e. The molecule has 4 aliphatic carbocycles. The minimum absolute atomic E-state index is 0.0478. The number of aliphatic hydroxyl groups excluding tert-OH is 3. The zero-order valence-electron chi connectivity index (χ0n) is 21.9. The number of aromatic hydroxyl groups is 1. The summed E-state index contributed by atoms with van der Waals surface area (Å²) < 4.78 is 0. The van der Waals surface area contributed by atoms with Crippen molar-refractivity contribution in [2.45, 2.75) is 68.6 Å². The molecule has 4 unspecified atom stereocenters. The molecule has 0 aliphatic heterocycles. The average molecular weight is 527 g/mol. The zero-order chi connectivity index (χ0) is 28.1. The molecule has 7 N–H and O–H groups in total. The van der Waals surface area contributed by atoms with Gasteiger partial charge in [0.05, 0.1) is 23.6 Å². The highest BCUT2D eigenvalue weighted by Gasteiger charge is 2.68. The van der Waals surface area contributed by atoms with Gasteiger partial charge in [-0.25, -0.2) is 0 Å². The maximum atomic E-state index is 14.1. The number of fused-ring (bicyclic) bond motifs is 3. The van der Waals surface area contributed by atoms with Crippen LogP contribution in [0.5, 0.6) is 5.75 Å². The summed E-state index contributed by atoms with van der Waals surface area (Å²) in [4.78, 5) is 40.8. The van der Waals surface area contributed by atoms with Crippen molar-refractivity contribution in [1.29, 1.82) is 0 Å². The molecule has 0 radical (unpaired) electrons. The van der Waals surface area contributed by atoms with E-state index in [1.54, 1.807) is 13.0 Å². The molecule has 1 aromatic carbocycles. The Hall–Kier alpha value is -3.21. The summed E-state index contributed by atoms with van der Waals surface area (Å²) in [6.07, 6.45) is 2.10. The molecule has 4 aliphatic rings. The van der Waals surface area contributed by atoms with Gasteiger partial charge in [0.1, 0.15) is 22.8 Å². The van der Waals surface area contributed by atoms with Gasteiger partial charge in [-0.2, -0.15) is 0 Å². The third-order valence-corrected chi connectivity index (χ3v) is 9.49. The molecule has 10 nitrogen and oxygen atoms in total. The van der Waals surface area contributed by atoms with Crippen LogP contribution in [0, 0.1) is 11.8 Å². The van der Waals surface area contributed by atoms with E-state index in [9.17, 15) is 39.9 Å². The quantitative estimate of drug-likeness (QED) is 0.317. The number of aliphatic hydroxyl groups is 4. The molecular weight excluding hydrogens is 492 g/mol. The van der Waals surface area contributed by atoms with Gasteiger partial charge >= 0.3 is 0 Å². The molecule has 0 saturated heterocycles. The van der Waals surface area contributed by atoms with Crippen molar-refractivity contribution in [2.75, 3.05) is 14.1 Å². The fraction of sp³-hybridized carbons (Fsp3) is 0.536.